The van der Waals surface area contributed by atoms with Crippen LogP contribution in [0.2, 0.25) is 0 Å². The molecule has 7 heteroatoms. The molecule has 0 bridgehead atoms. The molecule has 1 saturated carbocycles. The molecule has 0 saturated heterocycles. The topological polar surface area (TPSA) is 73.6 Å². The molecule has 1 aliphatic carbocycles. The molecular formula is C16H24ClFN2O3. The fraction of sp³-hybridized carbons (Fsp3) is 0.562. The van der Waals surface area contributed by atoms with Crippen LogP contribution in [0.1, 0.15) is 27.2 Å². The van der Waals surface area contributed by atoms with Crippen LogP contribution in [-0.2, 0) is 9.53 Å². The summed E-state index contributed by atoms with van der Waals surface area (Å²) in [5.74, 6) is -0.745. The largest absolute Gasteiger partial charge is 0.494 e. The SMILES string of the molecule is CCOC1CC(N)(C(=O)Nc2ccc(OC)c(F)c2)C1(C)C.Cl. The highest BCUT2D eigenvalue weighted by Gasteiger charge is 2.62. The van der Waals surface area contributed by atoms with Gasteiger partial charge in [0, 0.05) is 30.2 Å². The molecule has 0 radical (unpaired) electrons. The monoisotopic (exact) mass is 346 g/mol. The Morgan fingerprint density at radius 2 is 2.13 bits per heavy atom. The van der Waals surface area contributed by atoms with Gasteiger partial charge in [-0.3, -0.25) is 4.79 Å². The van der Waals surface area contributed by atoms with E-state index in [1.165, 1.54) is 19.2 Å². The number of ether oxygens (including phenoxy) is 2. The van der Waals surface area contributed by atoms with E-state index in [-0.39, 0.29) is 30.2 Å². The van der Waals surface area contributed by atoms with Crippen LogP contribution >= 0.6 is 12.4 Å². The van der Waals surface area contributed by atoms with E-state index < -0.39 is 16.8 Å². The van der Waals surface area contributed by atoms with Gasteiger partial charge in [-0.25, -0.2) is 4.39 Å². The molecule has 1 aromatic carbocycles. The third kappa shape index (κ3) is 3.29. The Morgan fingerprint density at radius 1 is 1.48 bits per heavy atom. The van der Waals surface area contributed by atoms with Gasteiger partial charge in [-0.05, 0) is 19.1 Å². The standard InChI is InChI=1S/C16H23FN2O3.ClH/c1-5-22-13-9-16(18,15(13,2)3)14(20)19-10-6-7-12(21-4)11(17)8-10;/h6-8,13H,5,9,18H2,1-4H3,(H,19,20);1H. The zero-order chi connectivity index (χ0) is 16.5. The quantitative estimate of drug-likeness (QED) is 0.859. The molecule has 1 fully saturated rings. The number of nitrogens with two attached hydrogens (primary N) is 1. The Bertz CT molecular complexity index is 582. The fourth-order valence-electron chi connectivity index (χ4n) is 2.81. The Labute approximate surface area is 142 Å². The lowest BCUT2D eigenvalue weighted by Gasteiger charge is -2.57. The maximum absolute atomic E-state index is 13.7. The number of rotatable bonds is 5. The first kappa shape index (κ1) is 19.7. The van der Waals surface area contributed by atoms with E-state index in [1.54, 1.807) is 6.07 Å². The number of anilines is 1. The molecule has 2 atom stereocenters. The van der Waals surface area contributed by atoms with Crippen molar-refractivity contribution in [2.45, 2.75) is 38.8 Å². The molecule has 3 N–H and O–H groups in total. The molecule has 130 valence electrons. The number of carbonyl (C=O) groups excluding carboxylic acids is 1. The van der Waals surface area contributed by atoms with Gasteiger partial charge >= 0.3 is 0 Å². The molecule has 1 aromatic rings. The first-order chi connectivity index (χ1) is 10.3. The zero-order valence-electron chi connectivity index (χ0n) is 13.8. The number of hydrogen-bond donors (Lipinski definition) is 2. The van der Waals surface area contributed by atoms with Crippen LogP contribution in [0, 0.1) is 11.2 Å². The third-order valence-corrected chi connectivity index (χ3v) is 4.64. The van der Waals surface area contributed by atoms with Crippen molar-refractivity contribution >= 4 is 24.0 Å². The highest BCUT2D eigenvalue weighted by molar-refractivity contribution is 5.99. The van der Waals surface area contributed by atoms with Gasteiger partial charge in [-0.15, -0.1) is 12.4 Å². The van der Waals surface area contributed by atoms with Crippen molar-refractivity contribution < 1.29 is 18.7 Å². The normalized spacial score (nSPS) is 25.0. The maximum atomic E-state index is 13.7. The van der Waals surface area contributed by atoms with Crippen LogP contribution in [0.5, 0.6) is 5.75 Å². The van der Waals surface area contributed by atoms with Crippen molar-refractivity contribution in [3.05, 3.63) is 24.0 Å². The van der Waals surface area contributed by atoms with Crippen molar-refractivity contribution in [2.75, 3.05) is 19.0 Å². The first-order valence-electron chi connectivity index (χ1n) is 7.31. The van der Waals surface area contributed by atoms with Gasteiger partial charge in [0.15, 0.2) is 11.6 Å². The highest BCUT2D eigenvalue weighted by atomic mass is 35.5. The highest BCUT2D eigenvalue weighted by Crippen LogP contribution is 2.50. The number of hydrogen-bond acceptors (Lipinski definition) is 4. The first-order valence-corrected chi connectivity index (χ1v) is 7.31. The summed E-state index contributed by atoms with van der Waals surface area (Å²) < 4.78 is 24.1. The summed E-state index contributed by atoms with van der Waals surface area (Å²) in [6.07, 6.45) is 0.388. The molecule has 0 spiro atoms. The lowest BCUT2D eigenvalue weighted by atomic mass is 9.54. The minimum absolute atomic E-state index is 0. The number of benzene rings is 1. The van der Waals surface area contributed by atoms with Gasteiger partial charge in [0.1, 0.15) is 5.54 Å². The zero-order valence-corrected chi connectivity index (χ0v) is 14.6. The number of nitrogens with one attached hydrogen (secondary N) is 1. The lowest BCUT2D eigenvalue weighted by Crippen LogP contribution is -2.74. The van der Waals surface area contributed by atoms with Crippen LogP contribution in [0.3, 0.4) is 0 Å². The summed E-state index contributed by atoms with van der Waals surface area (Å²) in [6, 6.07) is 4.25. The molecule has 0 aliphatic heterocycles. The van der Waals surface area contributed by atoms with Crippen molar-refractivity contribution in [1.82, 2.24) is 0 Å². The molecule has 1 amide bonds. The second-order valence-corrected chi connectivity index (χ2v) is 6.14. The Kier molecular flexibility index (Phi) is 6.01. The number of halogens is 2. The Morgan fingerprint density at radius 3 is 2.61 bits per heavy atom. The van der Waals surface area contributed by atoms with Crippen molar-refractivity contribution in [3.63, 3.8) is 0 Å². The summed E-state index contributed by atoms with van der Waals surface area (Å²) in [7, 11) is 1.39. The van der Waals surface area contributed by atoms with E-state index in [4.69, 9.17) is 15.2 Å². The molecular weight excluding hydrogens is 323 g/mol. The van der Waals surface area contributed by atoms with E-state index in [2.05, 4.69) is 5.32 Å². The second kappa shape index (κ2) is 7.03. The maximum Gasteiger partial charge on any atom is 0.245 e. The van der Waals surface area contributed by atoms with E-state index >= 15 is 0 Å². The van der Waals surface area contributed by atoms with Gasteiger partial charge in [-0.2, -0.15) is 0 Å². The van der Waals surface area contributed by atoms with Gasteiger partial charge < -0.3 is 20.5 Å². The molecule has 1 aliphatic rings. The van der Waals surface area contributed by atoms with Crippen molar-refractivity contribution in [1.29, 1.82) is 0 Å². The van der Waals surface area contributed by atoms with Gasteiger partial charge in [0.05, 0.1) is 13.2 Å². The van der Waals surface area contributed by atoms with Crippen LogP contribution in [-0.4, -0.2) is 31.3 Å². The van der Waals surface area contributed by atoms with E-state index in [0.717, 1.165) is 0 Å². The molecule has 2 rings (SSSR count). The van der Waals surface area contributed by atoms with Gasteiger partial charge in [-0.1, -0.05) is 13.8 Å². The molecule has 23 heavy (non-hydrogen) atoms. The van der Waals surface area contributed by atoms with Crippen LogP contribution in [0.25, 0.3) is 0 Å². The fourth-order valence-corrected chi connectivity index (χ4v) is 2.81. The summed E-state index contributed by atoms with van der Waals surface area (Å²) in [5, 5.41) is 2.68. The summed E-state index contributed by atoms with van der Waals surface area (Å²) >= 11 is 0. The van der Waals surface area contributed by atoms with Crippen LogP contribution in [0.4, 0.5) is 10.1 Å². The Hall–Kier alpha value is -1.37. The number of methoxy groups -OCH3 is 1. The molecule has 5 nitrogen and oxygen atoms in total. The summed E-state index contributed by atoms with van der Waals surface area (Å²) in [4.78, 5) is 12.5. The van der Waals surface area contributed by atoms with Gasteiger partial charge in [0.2, 0.25) is 5.91 Å². The number of amides is 1. The average molecular weight is 347 g/mol. The molecule has 0 aromatic heterocycles. The second-order valence-electron chi connectivity index (χ2n) is 6.14. The average Bonchev–Trinajstić information content (AvgIpc) is 2.47. The van der Waals surface area contributed by atoms with E-state index in [0.29, 0.717) is 18.7 Å². The van der Waals surface area contributed by atoms with Crippen LogP contribution < -0.4 is 15.8 Å². The summed E-state index contributed by atoms with van der Waals surface area (Å²) in [6.45, 7) is 6.30. The van der Waals surface area contributed by atoms with Crippen molar-refractivity contribution in [3.8, 4) is 5.75 Å². The predicted molar refractivity (Wildman–Crippen MR) is 89.6 cm³/mol. The van der Waals surface area contributed by atoms with Gasteiger partial charge in [0.25, 0.3) is 0 Å². The van der Waals surface area contributed by atoms with E-state index in [9.17, 15) is 9.18 Å². The summed E-state index contributed by atoms with van der Waals surface area (Å²) in [5.41, 5.74) is 5.10. The third-order valence-electron chi connectivity index (χ3n) is 4.64. The van der Waals surface area contributed by atoms with Crippen molar-refractivity contribution in [2.24, 2.45) is 11.1 Å². The predicted octanol–water partition coefficient (Wildman–Crippen LogP) is 2.73. The minimum Gasteiger partial charge on any atom is -0.494 e. The van der Waals surface area contributed by atoms with E-state index in [1.807, 2.05) is 20.8 Å². The smallest absolute Gasteiger partial charge is 0.245 e. The molecule has 2 unspecified atom stereocenters. The lowest BCUT2D eigenvalue weighted by molar-refractivity contribution is -0.166. The van der Waals surface area contributed by atoms with Crippen LogP contribution in [0.15, 0.2) is 18.2 Å². The minimum atomic E-state index is -1.04. The Balaban J connectivity index is 0.00000264. The molecule has 0 heterocycles. The number of carbonyl (C=O) groups is 1.